The van der Waals surface area contributed by atoms with Gasteiger partial charge in [-0.3, -0.25) is 14.4 Å². The molecular weight excluding hydrogens is 440 g/mol. The Morgan fingerprint density at radius 1 is 0.500 bits per heavy atom. The molecule has 0 saturated heterocycles. The number of rotatable bonds is 20. The Kier molecular flexibility index (Phi) is 29.9. The van der Waals surface area contributed by atoms with Crippen molar-refractivity contribution in [3.05, 3.63) is 0 Å². The molecule has 0 aromatic rings. The van der Waals surface area contributed by atoms with Gasteiger partial charge in [0, 0.05) is 24.7 Å². The number of carboxylic acids is 3. The Labute approximate surface area is 206 Å². The lowest BCUT2D eigenvalue weighted by atomic mass is 9.97. The van der Waals surface area contributed by atoms with Crippen molar-refractivity contribution in [3.8, 4) is 0 Å². The van der Waals surface area contributed by atoms with Crippen LogP contribution in [0.5, 0.6) is 0 Å². The molecule has 0 atom stereocenters. The van der Waals surface area contributed by atoms with E-state index in [9.17, 15) is 14.4 Å². The molecule has 0 saturated carbocycles. The molecule has 0 fully saturated rings. The van der Waals surface area contributed by atoms with Gasteiger partial charge in [0.2, 0.25) is 0 Å². The van der Waals surface area contributed by atoms with Crippen LogP contribution >= 0.6 is 0 Å². The first kappa shape index (κ1) is 36.9. The highest BCUT2D eigenvalue weighted by Gasteiger charge is 2.13. The summed E-state index contributed by atoms with van der Waals surface area (Å²) in [6.45, 7) is 5.92. The smallest absolute Gasteiger partial charge is 0.303 e. The molecule has 0 aromatic heterocycles. The van der Waals surface area contributed by atoms with Gasteiger partial charge in [0.25, 0.3) is 0 Å². The quantitative estimate of drug-likeness (QED) is 0.132. The molecule has 34 heavy (non-hydrogen) atoms. The molecule has 0 aliphatic rings. The van der Waals surface area contributed by atoms with Gasteiger partial charge in [0.05, 0.1) is 13.2 Å². The summed E-state index contributed by atoms with van der Waals surface area (Å²) < 4.78 is 0. The molecule has 8 heteroatoms. The second kappa shape index (κ2) is 27.6. The Balaban J connectivity index is -0.000000448. The standard InChI is InChI=1S/C12H24O2.C9H16O4.C5H12O2/c1-2-3-4-5-6-7-8-9-10-11-12(13)14;10-8(11)6-4-2-1-3-5-7-9(12)13;1-5(2,3-6)4-7/h2-11H2,1H3,(H,13,14);1-7H2,(H,10,11)(H,12,13);6-7H,3-4H2,1-2H3. The zero-order chi connectivity index (χ0) is 26.7. The van der Waals surface area contributed by atoms with E-state index in [1.54, 1.807) is 13.8 Å². The number of carboxylic acid groups (broad SMARTS) is 3. The van der Waals surface area contributed by atoms with Crippen LogP contribution in [-0.2, 0) is 14.4 Å². The van der Waals surface area contributed by atoms with Crippen molar-refractivity contribution in [1.82, 2.24) is 0 Å². The molecule has 0 aromatic carbocycles. The zero-order valence-corrected chi connectivity index (χ0v) is 21.9. The van der Waals surface area contributed by atoms with Crippen LogP contribution in [0.25, 0.3) is 0 Å². The molecule has 8 nitrogen and oxygen atoms in total. The minimum absolute atomic E-state index is 0.0451. The van der Waals surface area contributed by atoms with Gasteiger partial charge in [-0.1, -0.05) is 91.4 Å². The predicted molar refractivity (Wildman–Crippen MR) is 135 cm³/mol. The van der Waals surface area contributed by atoms with E-state index in [0.29, 0.717) is 19.3 Å². The fourth-order valence-corrected chi connectivity index (χ4v) is 2.72. The maximum atomic E-state index is 10.2. The zero-order valence-electron chi connectivity index (χ0n) is 21.9. The lowest BCUT2D eigenvalue weighted by Crippen LogP contribution is -2.20. The third-order valence-corrected chi connectivity index (χ3v) is 5.13. The average Bonchev–Trinajstić information content (AvgIpc) is 2.77. The highest BCUT2D eigenvalue weighted by molar-refractivity contribution is 5.67. The van der Waals surface area contributed by atoms with E-state index in [1.165, 1.54) is 44.9 Å². The molecule has 5 N–H and O–H groups in total. The van der Waals surface area contributed by atoms with Crippen LogP contribution in [0.1, 0.15) is 130 Å². The van der Waals surface area contributed by atoms with E-state index in [-0.39, 0.29) is 31.5 Å². The summed E-state index contributed by atoms with van der Waals surface area (Å²) in [5.74, 6) is -2.18. The Hall–Kier alpha value is -1.67. The number of aliphatic hydroxyl groups excluding tert-OH is 2. The normalized spacial score (nSPS) is 10.5. The highest BCUT2D eigenvalue weighted by Crippen LogP contribution is 2.11. The molecule has 204 valence electrons. The van der Waals surface area contributed by atoms with E-state index in [2.05, 4.69) is 6.92 Å². The van der Waals surface area contributed by atoms with Crippen LogP contribution in [0.15, 0.2) is 0 Å². The van der Waals surface area contributed by atoms with Gasteiger partial charge in [0.15, 0.2) is 0 Å². The second-order valence-electron chi connectivity index (χ2n) is 9.51. The molecule has 0 radical (unpaired) electrons. The van der Waals surface area contributed by atoms with E-state index < -0.39 is 17.9 Å². The molecule has 0 unspecified atom stereocenters. The number of carbonyl (C=O) groups is 3. The van der Waals surface area contributed by atoms with Gasteiger partial charge in [-0.2, -0.15) is 0 Å². The topological polar surface area (TPSA) is 152 Å². The first-order valence-corrected chi connectivity index (χ1v) is 12.9. The molecule has 0 aliphatic carbocycles. The van der Waals surface area contributed by atoms with Crippen LogP contribution in [0, 0.1) is 5.41 Å². The average molecular weight is 493 g/mol. The Bertz CT molecular complexity index is 453. The van der Waals surface area contributed by atoms with Gasteiger partial charge in [-0.25, -0.2) is 0 Å². The van der Waals surface area contributed by atoms with Crippen molar-refractivity contribution >= 4 is 17.9 Å². The molecule has 0 rings (SSSR count). The van der Waals surface area contributed by atoms with E-state index in [1.807, 2.05) is 0 Å². The SMILES string of the molecule is CC(C)(CO)CO.CCCCCCCCCCCC(=O)O.O=C(O)CCCCCCCC(=O)O. The van der Waals surface area contributed by atoms with Gasteiger partial charge in [-0.15, -0.1) is 0 Å². The fourth-order valence-electron chi connectivity index (χ4n) is 2.72. The monoisotopic (exact) mass is 492 g/mol. The van der Waals surface area contributed by atoms with Gasteiger partial charge in [-0.05, 0) is 19.3 Å². The number of hydrogen-bond acceptors (Lipinski definition) is 5. The van der Waals surface area contributed by atoms with E-state index >= 15 is 0 Å². The van der Waals surface area contributed by atoms with Crippen LogP contribution in [0.4, 0.5) is 0 Å². The van der Waals surface area contributed by atoms with Gasteiger partial charge >= 0.3 is 17.9 Å². The summed E-state index contributed by atoms with van der Waals surface area (Å²) in [6.07, 6.45) is 16.0. The summed E-state index contributed by atoms with van der Waals surface area (Å²) >= 11 is 0. The van der Waals surface area contributed by atoms with Crippen LogP contribution < -0.4 is 0 Å². The Morgan fingerprint density at radius 2 is 0.735 bits per heavy atom. The largest absolute Gasteiger partial charge is 0.481 e. The molecular formula is C26H52O8. The van der Waals surface area contributed by atoms with E-state index in [4.69, 9.17) is 25.5 Å². The molecule has 0 bridgehead atoms. The third kappa shape index (κ3) is 40.7. The second-order valence-corrected chi connectivity index (χ2v) is 9.51. The summed E-state index contributed by atoms with van der Waals surface area (Å²) in [5, 5.41) is 41.9. The minimum Gasteiger partial charge on any atom is -0.481 e. The predicted octanol–water partition coefficient (Wildman–Crippen LogP) is 5.88. The maximum absolute atomic E-state index is 10.2. The van der Waals surface area contributed by atoms with Crippen molar-refractivity contribution in [2.75, 3.05) is 13.2 Å². The maximum Gasteiger partial charge on any atom is 0.303 e. The summed E-state index contributed by atoms with van der Waals surface area (Å²) in [6, 6.07) is 0. The van der Waals surface area contributed by atoms with Gasteiger partial charge in [0.1, 0.15) is 0 Å². The van der Waals surface area contributed by atoms with Crippen molar-refractivity contribution in [1.29, 1.82) is 0 Å². The number of hydrogen-bond donors (Lipinski definition) is 5. The van der Waals surface area contributed by atoms with Gasteiger partial charge < -0.3 is 25.5 Å². The fraction of sp³-hybridized carbons (Fsp3) is 0.885. The molecule has 0 spiro atoms. The van der Waals surface area contributed by atoms with Crippen molar-refractivity contribution in [2.45, 2.75) is 130 Å². The highest BCUT2D eigenvalue weighted by atomic mass is 16.4. The lowest BCUT2D eigenvalue weighted by molar-refractivity contribution is -0.138. The number of aliphatic carboxylic acids is 3. The summed E-state index contributed by atoms with van der Waals surface area (Å²) in [7, 11) is 0. The molecule has 0 amide bonds. The minimum atomic E-state index is -0.759. The number of unbranched alkanes of at least 4 members (excludes halogenated alkanes) is 12. The lowest BCUT2D eigenvalue weighted by Gasteiger charge is -2.16. The summed E-state index contributed by atoms with van der Waals surface area (Å²) in [4.78, 5) is 30.4. The van der Waals surface area contributed by atoms with Crippen molar-refractivity contribution < 1.29 is 39.9 Å². The van der Waals surface area contributed by atoms with Crippen LogP contribution in [0.3, 0.4) is 0 Å². The summed E-state index contributed by atoms with van der Waals surface area (Å²) in [5.41, 5.74) is -0.306. The van der Waals surface area contributed by atoms with Crippen LogP contribution in [0.2, 0.25) is 0 Å². The van der Waals surface area contributed by atoms with Crippen LogP contribution in [-0.4, -0.2) is 56.7 Å². The molecule has 0 aliphatic heterocycles. The van der Waals surface area contributed by atoms with Crippen molar-refractivity contribution in [2.24, 2.45) is 5.41 Å². The Morgan fingerprint density at radius 3 is 0.912 bits per heavy atom. The van der Waals surface area contributed by atoms with Crippen molar-refractivity contribution in [3.63, 3.8) is 0 Å². The molecule has 0 heterocycles. The first-order valence-electron chi connectivity index (χ1n) is 12.9. The van der Waals surface area contributed by atoms with E-state index in [0.717, 1.165) is 32.1 Å². The number of aliphatic hydroxyl groups is 2. The first-order chi connectivity index (χ1) is 16.0. The third-order valence-electron chi connectivity index (χ3n) is 5.13.